The second-order valence-electron chi connectivity index (χ2n) is 10.8. The van der Waals surface area contributed by atoms with Crippen LogP contribution < -0.4 is 4.43 Å². The van der Waals surface area contributed by atoms with E-state index in [-0.39, 0.29) is 23.4 Å². The zero-order chi connectivity index (χ0) is 24.0. The minimum atomic E-state index is -1.97. The maximum atomic E-state index is 13.3. The maximum absolute atomic E-state index is 13.3. The number of rotatable bonds is 5. The van der Waals surface area contributed by atoms with Crippen molar-refractivity contribution >= 4 is 20.1 Å². The molecule has 0 radical (unpaired) electrons. The Morgan fingerprint density at radius 3 is 2.30 bits per heavy atom. The number of likely N-dealkylation sites (tertiary alicyclic amines) is 1. The van der Waals surface area contributed by atoms with E-state index in [0.717, 1.165) is 21.9 Å². The minimum absolute atomic E-state index is 0.0506. The van der Waals surface area contributed by atoms with Crippen molar-refractivity contribution in [3.05, 3.63) is 65.7 Å². The Bertz CT molecular complexity index is 1030. The Morgan fingerprint density at radius 1 is 1.06 bits per heavy atom. The lowest BCUT2D eigenvalue weighted by molar-refractivity contribution is -0.166. The van der Waals surface area contributed by atoms with Crippen LogP contribution in [0.3, 0.4) is 0 Å². The predicted octanol–water partition coefficient (Wildman–Crippen LogP) is 4.95. The van der Waals surface area contributed by atoms with Crippen LogP contribution in [0.25, 0.3) is 0 Å². The van der Waals surface area contributed by atoms with Crippen molar-refractivity contribution < 1.29 is 19.2 Å². The quantitative estimate of drug-likeness (QED) is 0.500. The fourth-order valence-electron chi connectivity index (χ4n) is 4.75. The zero-order valence-electron chi connectivity index (χ0n) is 20.2. The molecule has 1 spiro atoms. The van der Waals surface area contributed by atoms with Crippen molar-refractivity contribution in [3.63, 3.8) is 0 Å². The van der Waals surface area contributed by atoms with E-state index in [1.54, 1.807) is 4.90 Å². The highest BCUT2D eigenvalue weighted by Crippen LogP contribution is 2.48. The third-order valence-corrected chi connectivity index (χ3v) is 12.0. The first-order chi connectivity index (χ1) is 15.5. The van der Waals surface area contributed by atoms with Crippen LogP contribution in [0.15, 0.2) is 54.6 Å². The monoisotopic (exact) mass is 466 g/mol. The number of nitrogens with zero attached hydrogens (tertiary/aromatic N) is 2. The smallest absolute Gasteiger partial charge is 0.272 e. The third kappa shape index (κ3) is 4.08. The van der Waals surface area contributed by atoms with Crippen molar-refractivity contribution in [1.82, 2.24) is 9.96 Å². The van der Waals surface area contributed by atoms with Gasteiger partial charge in [-0.25, -0.2) is 5.06 Å². The molecule has 0 saturated carbocycles. The number of amides is 2. The normalized spacial score (nSPS) is 23.6. The lowest BCUT2D eigenvalue weighted by atomic mass is 9.79. The fraction of sp³-hybridized carbons (Fsp3) is 0.462. The highest BCUT2D eigenvalue weighted by atomic mass is 28.4. The minimum Gasteiger partial charge on any atom is -0.544 e. The molecule has 2 aromatic rings. The third-order valence-electron chi connectivity index (χ3n) is 7.68. The number of carbonyl (C=O) groups is 2. The highest BCUT2D eigenvalue weighted by Gasteiger charge is 2.62. The van der Waals surface area contributed by atoms with Gasteiger partial charge in [-0.1, -0.05) is 63.2 Å². The molecule has 0 aliphatic carbocycles. The summed E-state index contributed by atoms with van der Waals surface area (Å²) in [7, 11) is -1.97. The van der Waals surface area contributed by atoms with E-state index in [1.807, 2.05) is 54.6 Å². The summed E-state index contributed by atoms with van der Waals surface area (Å²) in [6.07, 6.45) is 0.705. The van der Waals surface area contributed by atoms with E-state index < -0.39 is 19.8 Å². The Labute approximate surface area is 197 Å². The number of hydrogen-bond donors (Lipinski definition) is 1. The molecule has 176 valence electrons. The van der Waals surface area contributed by atoms with Gasteiger partial charge in [0.05, 0.1) is 6.54 Å². The standard InChI is InChI=1S/C26H34N2O4Si/c1-25(2,3)33(4,5)32-21-13-11-20(12-14-21)22-18-28(31)24(30)26(22)16-15-23(29)27(26)17-19-9-7-6-8-10-19/h6-14,22,31H,15-18H2,1-5H3/t22-,26-/m1/s1. The summed E-state index contributed by atoms with van der Waals surface area (Å²) in [4.78, 5) is 27.9. The summed E-state index contributed by atoms with van der Waals surface area (Å²) in [5.41, 5.74) is 0.826. The molecule has 2 atom stereocenters. The van der Waals surface area contributed by atoms with Crippen LogP contribution in [0.1, 0.15) is 50.7 Å². The highest BCUT2D eigenvalue weighted by molar-refractivity contribution is 6.74. The van der Waals surface area contributed by atoms with Gasteiger partial charge in [-0.3, -0.25) is 14.8 Å². The van der Waals surface area contributed by atoms with Gasteiger partial charge in [-0.15, -0.1) is 0 Å². The summed E-state index contributed by atoms with van der Waals surface area (Å²) >= 11 is 0. The molecule has 7 heteroatoms. The van der Waals surface area contributed by atoms with Crippen LogP contribution in [0, 0.1) is 0 Å². The van der Waals surface area contributed by atoms with Gasteiger partial charge in [-0.05, 0) is 47.8 Å². The van der Waals surface area contributed by atoms with Gasteiger partial charge in [0.25, 0.3) is 5.91 Å². The molecule has 6 nitrogen and oxygen atoms in total. The Morgan fingerprint density at radius 2 is 1.70 bits per heavy atom. The van der Waals surface area contributed by atoms with E-state index in [9.17, 15) is 14.8 Å². The van der Waals surface area contributed by atoms with Gasteiger partial charge >= 0.3 is 0 Å². The maximum Gasteiger partial charge on any atom is 0.272 e. The molecule has 2 aliphatic heterocycles. The summed E-state index contributed by atoms with van der Waals surface area (Å²) in [5, 5.41) is 11.3. The van der Waals surface area contributed by atoms with E-state index >= 15 is 0 Å². The average Bonchev–Trinajstić information content (AvgIpc) is 3.21. The Balaban J connectivity index is 1.65. The van der Waals surface area contributed by atoms with Gasteiger partial charge in [0.2, 0.25) is 14.2 Å². The van der Waals surface area contributed by atoms with Crippen molar-refractivity contribution in [2.75, 3.05) is 6.54 Å². The van der Waals surface area contributed by atoms with E-state index in [4.69, 9.17) is 4.43 Å². The van der Waals surface area contributed by atoms with Gasteiger partial charge in [0, 0.05) is 18.9 Å². The molecule has 2 amide bonds. The zero-order valence-corrected chi connectivity index (χ0v) is 21.2. The van der Waals surface area contributed by atoms with Crippen LogP contribution in [-0.2, 0) is 16.1 Å². The number of hydroxylamine groups is 2. The largest absolute Gasteiger partial charge is 0.544 e. The van der Waals surface area contributed by atoms with Crippen LogP contribution >= 0.6 is 0 Å². The van der Waals surface area contributed by atoms with Crippen LogP contribution in [0.2, 0.25) is 18.1 Å². The Kier molecular flexibility index (Phi) is 5.91. The SMILES string of the molecule is CC(C)(C)[Si](C)(C)Oc1ccc([C@H]2CN(O)C(=O)[C@@]23CCC(=O)N3Cc2ccccc2)cc1. The summed E-state index contributed by atoms with van der Waals surface area (Å²) < 4.78 is 6.41. The molecule has 1 N–H and O–H groups in total. The summed E-state index contributed by atoms with van der Waals surface area (Å²) in [6.45, 7) is 11.5. The molecular formula is C26H34N2O4Si. The molecule has 0 bridgehead atoms. The molecule has 2 aromatic carbocycles. The predicted molar refractivity (Wildman–Crippen MR) is 129 cm³/mol. The molecule has 0 aromatic heterocycles. The van der Waals surface area contributed by atoms with E-state index in [1.165, 1.54) is 0 Å². The Hall–Kier alpha value is -2.64. The van der Waals surface area contributed by atoms with Gasteiger partial charge in [0.1, 0.15) is 11.3 Å². The first-order valence-electron chi connectivity index (χ1n) is 11.6. The molecule has 2 saturated heterocycles. The molecule has 0 unspecified atom stereocenters. The molecule has 2 heterocycles. The summed E-state index contributed by atoms with van der Waals surface area (Å²) in [6, 6.07) is 17.5. The first-order valence-corrected chi connectivity index (χ1v) is 14.5. The second kappa shape index (κ2) is 8.29. The molecule has 33 heavy (non-hydrogen) atoms. The van der Waals surface area contributed by atoms with Gasteiger partial charge in [-0.2, -0.15) is 0 Å². The van der Waals surface area contributed by atoms with Crippen LogP contribution in [0.5, 0.6) is 5.75 Å². The van der Waals surface area contributed by atoms with E-state index in [0.29, 0.717) is 19.4 Å². The first kappa shape index (κ1) is 23.5. The average molecular weight is 467 g/mol. The molecule has 2 aliphatic rings. The second-order valence-corrected chi connectivity index (χ2v) is 15.5. The van der Waals surface area contributed by atoms with Crippen molar-refractivity contribution in [2.24, 2.45) is 0 Å². The molecular weight excluding hydrogens is 432 g/mol. The number of carbonyl (C=O) groups excluding carboxylic acids is 2. The summed E-state index contributed by atoms with van der Waals surface area (Å²) in [5.74, 6) is 0.0570. The number of hydrogen-bond acceptors (Lipinski definition) is 4. The molecule has 2 fully saturated rings. The van der Waals surface area contributed by atoms with Gasteiger partial charge in [0.15, 0.2) is 0 Å². The lowest BCUT2D eigenvalue weighted by Gasteiger charge is -2.38. The number of benzene rings is 2. The topological polar surface area (TPSA) is 70.1 Å². The van der Waals surface area contributed by atoms with Crippen molar-refractivity contribution in [1.29, 1.82) is 0 Å². The van der Waals surface area contributed by atoms with Crippen LogP contribution in [-0.4, -0.2) is 47.4 Å². The van der Waals surface area contributed by atoms with Crippen molar-refractivity contribution in [2.45, 2.75) is 69.7 Å². The molecule has 4 rings (SSSR count). The van der Waals surface area contributed by atoms with E-state index in [2.05, 4.69) is 33.9 Å². The fourth-order valence-corrected chi connectivity index (χ4v) is 5.78. The van der Waals surface area contributed by atoms with Crippen molar-refractivity contribution in [3.8, 4) is 5.75 Å². The van der Waals surface area contributed by atoms with Crippen LogP contribution in [0.4, 0.5) is 0 Å². The lowest BCUT2D eigenvalue weighted by Crippen LogP contribution is -2.53. The van der Waals surface area contributed by atoms with Gasteiger partial charge < -0.3 is 9.33 Å².